The van der Waals surface area contributed by atoms with Crippen molar-refractivity contribution in [3.63, 3.8) is 0 Å². The van der Waals surface area contributed by atoms with Crippen LogP contribution in [0.5, 0.6) is 0 Å². The number of anilines is 1. The van der Waals surface area contributed by atoms with Crippen molar-refractivity contribution >= 4 is 29.1 Å². The van der Waals surface area contributed by atoms with Gasteiger partial charge in [0.05, 0.1) is 36.9 Å². The Balaban J connectivity index is 1.49. The van der Waals surface area contributed by atoms with Gasteiger partial charge in [0.2, 0.25) is 0 Å². The fourth-order valence-corrected chi connectivity index (χ4v) is 3.19. The molecule has 1 fully saturated rings. The molecule has 0 bridgehead atoms. The van der Waals surface area contributed by atoms with Crippen LogP contribution in [0, 0.1) is 5.82 Å². The summed E-state index contributed by atoms with van der Waals surface area (Å²) in [5.74, 6) is -0.610. The molecule has 0 atom stereocenters. The molecule has 0 aromatic heterocycles. The first-order valence-electron chi connectivity index (χ1n) is 8.46. The number of rotatable bonds is 4. The SMILES string of the molecule is O=C(C[NH+]1CCN(C(=O)c2ccccc2)CC1)Nc1ccc(F)cc1Cl. The maximum atomic E-state index is 13.0. The Hall–Kier alpha value is -2.44. The predicted octanol–water partition coefficient (Wildman–Crippen LogP) is 1.46. The van der Waals surface area contributed by atoms with Gasteiger partial charge in [-0.3, -0.25) is 9.59 Å². The van der Waals surface area contributed by atoms with E-state index >= 15 is 0 Å². The summed E-state index contributed by atoms with van der Waals surface area (Å²) in [6.07, 6.45) is 0. The first kappa shape index (κ1) is 18.4. The number of carbonyl (C=O) groups excluding carboxylic acids is 2. The van der Waals surface area contributed by atoms with Gasteiger partial charge in [-0.2, -0.15) is 0 Å². The largest absolute Gasteiger partial charge is 0.327 e. The van der Waals surface area contributed by atoms with E-state index in [4.69, 9.17) is 11.6 Å². The van der Waals surface area contributed by atoms with Gasteiger partial charge >= 0.3 is 0 Å². The zero-order valence-electron chi connectivity index (χ0n) is 14.2. The highest BCUT2D eigenvalue weighted by Crippen LogP contribution is 2.22. The zero-order chi connectivity index (χ0) is 18.5. The number of nitrogens with zero attached hydrogens (tertiary/aromatic N) is 1. The molecule has 1 aliphatic heterocycles. The number of quaternary nitrogens is 1. The van der Waals surface area contributed by atoms with Gasteiger partial charge in [0.15, 0.2) is 6.54 Å². The van der Waals surface area contributed by atoms with Crippen LogP contribution in [0.15, 0.2) is 48.5 Å². The van der Waals surface area contributed by atoms with E-state index in [0.717, 1.165) is 11.0 Å². The molecule has 0 unspecified atom stereocenters. The van der Waals surface area contributed by atoms with Crippen molar-refractivity contribution in [3.05, 3.63) is 64.9 Å². The van der Waals surface area contributed by atoms with Gasteiger partial charge in [-0.1, -0.05) is 29.8 Å². The minimum absolute atomic E-state index is 0.0206. The van der Waals surface area contributed by atoms with Crippen LogP contribution in [0.4, 0.5) is 10.1 Å². The maximum absolute atomic E-state index is 13.0. The normalized spacial score (nSPS) is 14.9. The Bertz CT molecular complexity index is 793. The standard InChI is InChI=1S/C19H19ClFN3O2/c20-16-12-15(21)6-7-17(16)22-18(25)13-23-8-10-24(11-9-23)19(26)14-4-2-1-3-5-14/h1-7,12H,8-11,13H2,(H,22,25)/p+1. The summed E-state index contributed by atoms with van der Waals surface area (Å²) in [7, 11) is 0. The van der Waals surface area contributed by atoms with Crippen LogP contribution in [-0.4, -0.2) is 49.4 Å². The van der Waals surface area contributed by atoms with Crippen molar-refractivity contribution < 1.29 is 18.9 Å². The molecule has 1 saturated heterocycles. The van der Waals surface area contributed by atoms with E-state index in [-0.39, 0.29) is 23.4 Å². The van der Waals surface area contributed by atoms with Crippen LogP contribution in [0.2, 0.25) is 5.02 Å². The summed E-state index contributed by atoms with van der Waals surface area (Å²) in [4.78, 5) is 27.5. The van der Waals surface area contributed by atoms with Crippen molar-refractivity contribution in [2.24, 2.45) is 0 Å². The second-order valence-corrected chi connectivity index (χ2v) is 6.66. The molecule has 7 heteroatoms. The van der Waals surface area contributed by atoms with E-state index in [1.807, 2.05) is 23.1 Å². The fraction of sp³-hybridized carbons (Fsp3) is 0.263. The highest BCUT2D eigenvalue weighted by molar-refractivity contribution is 6.33. The van der Waals surface area contributed by atoms with Crippen molar-refractivity contribution in [2.45, 2.75) is 0 Å². The third-order valence-corrected chi connectivity index (χ3v) is 4.71. The molecule has 0 radical (unpaired) electrons. The van der Waals surface area contributed by atoms with Gasteiger partial charge in [0, 0.05) is 5.56 Å². The minimum atomic E-state index is -0.446. The summed E-state index contributed by atoms with van der Waals surface area (Å²) >= 11 is 5.92. The Morgan fingerprint density at radius 3 is 2.46 bits per heavy atom. The van der Waals surface area contributed by atoms with Crippen molar-refractivity contribution in [3.8, 4) is 0 Å². The molecule has 3 rings (SSSR count). The third kappa shape index (κ3) is 4.59. The van der Waals surface area contributed by atoms with Crippen LogP contribution in [0.3, 0.4) is 0 Å². The topological polar surface area (TPSA) is 53.9 Å². The second-order valence-electron chi connectivity index (χ2n) is 6.26. The summed E-state index contributed by atoms with van der Waals surface area (Å²) in [5, 5.41) is 2.88. The average Bonchev–Trinajstić information content (AvgIpc) is 2.65. The molecule has 0 aliphatic carbocycles. The molecule has 2 aromatic carbocycles. The van der Waals surface area contributed by atoms with Crippen LogP contribution in [-0.2, 0) is 4.79 Å². The number of nitrogens with one attached hydrogen (secondary N) is 2. The third-order valence-electron chi connectivity index (χ3n) is 4.39. The van der Waals surface area contributed by atoms with Crippen LogP contribution < -0.4 is 10.2 Å². The quantitative estimate of drug-likeness (QED) is 0.848. The lowest BCUT2D eigenvalue weighted by atomic mass is 10.2. The molecule has 2 N–H and O–H groups in total. The van der Waals surface area contributed by atoms with Gasteiger partial charge in [-0.05, 0) is 30.3 Å². The van der Waals surface area contributed by atoms with Crippen molar-refractivity contribution in [1.82, 2.24) is 4.90 Å². The maximum Gasteiger partial charge on any atom is 0.279 e. The molecule has 2 amide bonds. The number of amides is 2. The van der Waals surface area contributed by atoms with E-state index in [1.165, 1.54) is 12.1 Å². The molecule has 0 spiro atoms. The number of piperazine rings is 1. The van der Waals surface area contributed by atoms with Gasteiger partial charge in [0.25, 0.3) is 11.8 Å². The predicted molar refractivity (Wildman–Crippen MR) is 97.9 cm³/mol. The van der Waals surface area contributed by atoms with Crippen molar-refractivity contribution in [1.29, 1.82) is 0 Å². The highest BCUT2D eigenvalue weighted by Gasteiger charge is 2.26. The highest BCUT2D eigenvalue weighted by atomic mass is 35.5. The monoisotopic (exact) mass is 376 g/mol. The van der Waals surface area contributed by atoms with Gasteiger partial charge in [-0.15, -0.1) is 0 Å². The summed E-state index contributed by atoms with van der Waals surface area (Å²) in [6.45, 7) is 2.88. The van der Waals surface area contributed by atoms with Gasteiger partial charge < -0.3 is 15.1 Å². The number of halogens is 2. The molecule has 26 heavy (non-hydrogen) atoms. The zero-order valence-corrected chi connectivity index (χ0v) is 14.9. The van der Waals surface area contributed by atoms with Crippen LogP contribution in [0.25, 0.3) is 0 Å². The summed E-state index contributed by atoms with van der Waals surface area (Å²) in [6, 6.07) is 13.1. The van der Waals surface area contributed by atoms with Crippen molar-refractivity contribution in [2.75, 3.05) is 38.0 Å². The van der Waals surface area contributed by atoms with E-state index in [0.29, 0.717) is 37.4 Å². The van der Waals surface area contributed by atoms with Crippen LogP contribution >= 0.6 is 11.6 Å². The lowest BCUT2D eigenvalue weighted by Crippen LogP contribution is -3.15. The Morgan fingerprint density at radius 2 is 1.81 bits per heavy atom. The minimum Gasteiger partial charge on any atom is -0.327 e. The van der Waals surface area contributed by atoms with E-state index < -0.39 is 5.82 Å². The van der Waals surface area contributed by atoms with E-state index in [2.05, 4.69) is 5.32 Å². The number of carbonyl (C=O) groups is 2. The van der Waals surface area contributed by atoms with Gasteiger partial charge in [-0.25, -0.2) is 4.39 Å². The van der Waals surface area contributed by atoms with E-state index in [9.17, 15) is 14.0 Å². The molecule has 5 nitrogen and oxygen atoms in total. The fourth-order valence-electron chi connectivity index (χ4n) is 2.98. The summed E-state index contributed by atoms with van der Waals surface area (Å²) < 4.78 is 13.0. The molecular weight excluding hydrogens is 357 g/mol. The first-order valence-corrected chi connectivity index (χ1v) is 8.83. The van der Waals surface area contributed by atoms with Gasteiger partial charge in [0.1, 0.15) is 5.82 Å². The Morgan fingerprint density at radius 1 is 1.12 bits per heavy atom. The number of benzene rings is 2. The molecule has 2 aromatic rings. The lowest BCUT2D eigenvalue weighted by molar-refractivity contribution is -0.895. The lowest BCUT2D eigenvalue weighted by Gasteiger charge is -2.32. The molecular formula is C19H20ClFN3O2+. The molecule has 136 valence electrons. The molecule has 1 aliphatic rings. The Kier molecular flexibility index (Phi) is 5.85. The molecule has 1 heterocycles. The number of hydrogen-bond donors (Lipinski definition) is 2. The van der Waals surface area contributed by atoms with Crippen LogP contribution in [0.1, 0.15) is 10.4 Å². The molecule has 0 saturated carbocycles. The summed E-state index contributed by atoms with van der Waals surface area (Å²) in [5.41, 5.74) is 1.08. The first-order chi connectivity index (χ1) is 12.5. The Labute approximate surface area is 156 Å². The van der Waals surface area contributed by atoms with E-state index in [1.54, 1.807) is 12.1 Å². The number of hydrogen-bond acceptors (Lipinski definition) is 2. The second kappa shape index (κ2) is 8.29. The smallest absolute Gasteiger partial charge is 0.279 e. The average molecular weight is 377 g/mol.